The van der Waals surface area contributed by atoms with Gasteiger partial charge in [0.2, 0.25) is 0 Å². The van der Waals surface area contributed by atoms with E-state index in [0.29, 0.717) is 39.3 Å². The molecule has 3 amide bonds. The second kappa shape index (κ2) is 6.83. The van der Waals surface area contributed by atoms with Gasteiger partial charge in [0.05, 0.1) is 12.8 Å². The van der Waals surface area contributed by atoms with Gasteiger partial charge in [-0.05, 0) is 25.0 Å². The second-order valence-electron chi connectivity index (χ2n) is 5.55. The van der Waals surface area contributed by atoms with Crippen LogP contribution in [0.15, 0.2) is 22.8 Å². The summed E-state index contributed by atoms with van der Waals surface area (Å²) in [6, 6.07) is 3.48. The van der Waals surface area contributed by atoms with E-state index in [1.165, 1.54) is 0 Å². The Hall–Kier alpha value is -2.02. The van der Waals surface area contributed by atoms with Gasteiger partial charge in [-0.3, -0.25) is 4.79 Å². The van der Waals surface area contributed by atoms with Gasteiger partial charge in [0.25, 0.3) is 5.91 Å². The van der Waals surface area contributed by atoms with E-state index < -0.39 is 0 Å². The number of nitrogens with zero attached hydrogens (tertiary/aromatic N) is 2. The highest BCUT2D eigenvalue weighted by atomic mass is 16.5. The maximum absolute atomic E-state index is 12.2. The molecule has 0 aliphatic carbocycles. The highest BCUT2D eigenvalue weighted by Gasteiger charge is 2.31. The highest BCUT2D eigenvalue weighted by molar-refractivity contribution is 5.81. The molecule has 7 nitrogen and oxygen atoms in total. The minimum atomic E-state index is -0.278. The van der Waals surface area contributed by atoms with Crippen molar-refractivity contribution in [3.8, 4) is 0 Å². The number of ether oxygens (including phenoxy) is 1. The fourth-order valence-electron chi connectivity index (χ4n) is 2.79. The van der Waals surface area contributed by atoms with Crippen molar-refractivity contribution >= 4 is 11.9 Å². The molecular weight excluding hydrogens is 286 g/mol. The van der Waals surface area contributed by atoms with Crippen LogP contribution in [0.1, 0.15) is 18.6 Å². The van der Waals surface area contributed by atoms with Gasteiger partial charge in [0.15, 0.2) is 0 Å². The quantitative estimate of drug-likeness (QED) is 0.897. The molecule has 3 rings (SSSR count). The van der Waals surface area contributed by atoms with Crippen LogP contribution in [-0.4, -0.2) is 60.6 Å². The van der Waals surface area contributed by atoms with E-state index >= 15 is 0 Å². The smallest absolute Gasteiger partial charge is 0.317 e. The first kappa shape index (κ1) is 14.9. The van der Waals surface area contributed by atoms with Gasteiger partial charge in [-0.15, -0.1) is 0 Å². The third-order valence-corrected chi connectivity index (χ3v) is 4.08. The lowest BCUT2D eigenvalue weighted by molar-refractivity contribution is -0.142. The van der Waals surface area contributed by atoms with Crippen LogP contribution in [-0.2, 0) is 16.1 Å². The molecule has 7 heteroatoms. The Morgan fingerprint density at radius 1 is 1.23 bits per heavy atom. The van der Waals surface area contributed by atoms with Crippen LogP contribution in [0.3, 0.4) is 0 Å². The van der Waals surface area contributed by atoms with E-state index in [2.05, 4.69) is 5.32 Å². The molecule has 1 unspecified atom stereocenters. The van der Waals surface area contributed by atoms with Crippen LogP contribution < -0.4 is 5.32 Å². The van der Waals surface area contributed by atoms with E-state index in [0.717, 1.165) is 18.6 Å². The van der Waals surface area contributed by atoms with Gasteiger partial charge in [0.1, 0.15) is 11.9 Å². The summed E-state index contributed by atoms with van der Waals surface area (Å²) in [4.78, 5) is 27.8. The minimum absolute atomic E-state index is 0.0631. The van der Waals surface area contributed by atoms with E-state index in [9.17, 15) is 9.59 Å². The van der Waals surface area contributed by atoms with Gasteiger partial charge in [0, 0.05) is 32.8 Å². The zero-order chi connectivity index (χ0) is 15.4. The van der Waals surface area contributed by atoms with Crippen LogP contribution in [0.4, 0.5) is 4.79 Å². The Morgan fingerprint density at radius 3 is 2.64 bits per heavy atom. The van der Waals surface area contributed by atoms with Crippen molar-refractivity contribution in [1.29, 1.82) is 0 Å². The predicted octanol–water partition coefficient (Wildman–Crippen LogP) is 0.812. The molecule has 0 bridgehead atoms. The molecule has 0 radical (unpaired) electrons. The van der Waals surface area contributed by atoms with E-state index in [1.807, 2.05) is 6.07 Å². The Morgan fingerprint density at radius 2 is 2.00 bits per heavy atom. The van der Waals surface area contributed by atoms with Crippen molar-refractivity contribution in [3.05, 3.63) is 24.2 Å². The van der Waals surface area contributed by atoms with Gasteiger partial charge in [-0.25, -0.2) is 4.79 Å². The van der Waals surface area contributed by atoms with E-state index in [4.69, 9.17) is 9.15 Å². The number of amides is 3. The van der Waals surface area contributed by atoms with Crippen molar-refractivity contribution in [3.63, 3.8) is 0 Å². The Balaban J connectivity index is 1.42. The standard InChI is InChI=1S/C15H21N3O4/c19-14(13-4-2-10-22-13)17-5-7-18(8-6-17)15(20)16-11-12-3-1-9-21-12/h1,3,9,13H,2,4-8,10-11H2,(H,16,20). The molecule has 0 aromatic carbocycles. The first-order valence-electron chi connectivity index (χ1n) is 7.69. The average Bonchev–Trinajstić information content (AvgIpc) is 3.25. The molecule has 1 N–H and O–H groups in total. The number of hydrogen-bond donors (Lipinski definition) is 1. The Kier molecular flexibility index (Phi) is 4.62. The number of piperazine rings is 1. The van der Waals surface area contributed by atoms with Crippen molar-refractivity contribution in [1.82, 2.24) is 15.1 Å². The van der Waals surface area contributed by atoms with E-state index in [1.54, 1.807) is 22.1 Å². The third kappa shape index (κ3) is 3.41. The summed E-state index contributed by atoms with van der Waals surface area (Å²) in [7, 11) is 0. The summed E-state index contributed by atoms with van der Waals surface area (Å²) in [5.74, 6) is 0.786. The summed E-state index contributed by atoms with van der Waals surface area (Å²) in [6.07, 6.45) is 3.06. The van der Waals surface area contributed by atoms with Crippen LogP contribution in [0, 0.1) is 0 Å². The number of nitrogens with one attached hydrogen (secondary N) is 1. The lowest BCUT2D eigenvalue weighted by Crippen LogP contribution is -2.54. The molecule has 3 heterocycles. The fourth-order valence-corrected chi connectivity index (χ4v) is 2.79. The molecule has 120 valence electrons. The molecule has 0 saturated carbocycles. The lowest BCUT2D eigenvalue weighted by Gasteiger charge is -2.35. The number of carbonyl (C=O) groups excluding carboxylic acids is 2. The summed E-state index contributed by atoms with van der Waals surface area (Å²) in [5, 5.41) is 2.82. The summed E-state index contributed by atoms with van der Waals surface area (Å²) in [6.45, 7) is 3.26. The maximum Gasteiger partial charge on any atom is 0.317 e. The minimum Gasteiger partial charge on any atom is -0.467 e. The lowest BCUT2D eigenvalue weighted by atomic mass is 10.2. The van der Waals surface area contributed by atoms with Gasteiger partial charge in [-0.2, -0.15) is 0 Å². The molecule has 2 aliphatic rings. The molecule has 22 heavy (non-hydrogen) atoms. The summed E-state index contributed by atoms with van der Waals surface area (Å²) < 4.78 is 10.6. The predicted molar refractivity (Wildman–Crippen MR) is 78.1 cm³/mol. The number of carbonyl (C=O) groups is 2. The Bertz CT molecular complexity index is 503. The number of hydrogen-bond acceptors (Lipinski definition) is 4. The topological polar surface area (TPSA) is 75.0 Å². The molecule has 1 atom stereocenters. The van der Waals surface area contributed by atoms with Crippen LogP contribution in [0.25, 0.3) is 0 Å². The number of urea groups is 1. The summed E-state index contributed by atoms with van der Waals surface area (Å²) in [5.41, 5.74) is 0. The highest BCUT2D eigenvalue weighted by Crippen LogP contribution is 2.16. The van der Waals surface area contributed by atoms with Crippen molar-refractivity contribution in [2.45, 2.75) is 25.5 Å². The largest absolute Gasteiger partial charge is 0.467 e. The van der Waals surface area contributed by atoms with Crippen molar-refractivity contribution in [2.24, 2.45) is 0 Å². The SMILES string of the molecule is O=C(NCc1ccco1)N1CCN(C(=O)C2CCCO2)CC1. The number of furan rings is 1. The monoisotopic (exact) mass is 307 g/mol. The summed E-state index contributed by atoms with van der Waals surface area (Å²) >= 11 is 0. The first-order chi connectivity index (χ1) is 10.7. The molecule has 2 saturated heterocycles. The second-order valence-corrected chi connectivity index (χ2v) is 5.55. The molecule has 1 aromatic rings. The van der Waals surface area contributed by atoms with Crippen LogP contribution in [0.5, 0.6) is 0 Å². The van der Waals surface area contributed by atoms with Crippen molar-refractivity contribution in [2.75, 3.05) is 32.8 Å². The third-order valence-electron chi connectivity index (χ3n) is 4.08. The van der Waals surface area contributed by atoms with Crippen molar-refractivity contribution < 1.29 is 18.7 Å². The molecular formula is C15H21N3O4. The zero-order valence-corrected chi connectivity index (χ0v) is 12.5. The fraction of sp³-hybridized carbons (Fsp3) is 0.600. The van der Waals surface area contributed by atoms with Gasteiger partial charge in [-0.1, -0.05) is 0 Å². The Labute approximate surface area is 129 Å². The normalized spacial score (nSPS) is 21.9. The zero-order valence-electron chi connectivity index (χ0n) is 12.5. The van der Waals surface area contributed by atoms with Crippen LogP contribution in [0.2, 0.25) is 0 Å². The molecule has 2 fully saturated rings. The maximum atomic E-state index is 12.2. The average molecular weight is 307 g/mol. The van der Waals surface area contributed by atoms with E-state index in [-0.39, 0.29) is 18.0 Å². The van der Waals surface area contributed by atoms with Gasteiger partial charge < -0.3 is 24.3 Å². The first-order valence-corrected chi connectivity index (χ1v) is 7.69. The molecule has 2 aliphatic heterocycles. The van der Waals surface area contributed by atoms with Crippen LogP contribution >= 0.6 is 0 Å². The molecule has 0 spiro atoms. The number of rotatable bonds is 3. The van der Waals surface area contributed by atoms with Gasteiger partial charge >= 0.3 is 6.03 Å². The molecule has 1 aromatic heterocycles.